The van der Waals surface area contributed by atoms with Gasteiger partial charge in [-0.2, -0.15) is 5.10 Å². The molecule has 5 rings (SSSR count). The van der Waals surface area contributed by atoms with Gasteiger partial charge in [-0.3, -0.25) is 24.0 Å². The van der Waals surface area contributed by atoms with E-state index in [1.165, 1.54) is 17.2 Å². The number of hydrogen-bond donors (Lipinski definition) is 1. The van der Waals surface area contributed by atoms with Gasteiger partial charge in [0.05, 0.1) is 41.6 Å². The predicted molar refractivity (Wildman–Crippen MR) is 126 cm³/mol. The average Bonchev–Trinajstić information content (AvgIpc) is 3.43. The summed E-state index contributed by atoms with van der Waals surface area (Å²) in [7, 11) is 0. The molecule has 0 bridgehead atoms. The molecule has 3 heterocycles. The molecule has 0 radical (unpaired) electrons. The van der Waals surface area contributed by atoms with Gasteiger partial charge >= 0.3 is 0 Å². The second-order valence-electron chi connectivity index (χ2n) is 9.40. The predicted octanol–water partition coefficient (Wildman–Crippen LogP) is 2.91. The van der Waals surface area contributed by atoms with Gasteiger partial charge in [0.25, 0.3) is 5.91 Å². The molecule has 186 valence electrons. The number of aromatic nitrogens is 3. The largest absolute Gasteiger partial charge is 0.369 e. The lowest BCUT2D eigenvalue weighted by molar-refractivity contribution is -0.129. The molecule has 1 aromatic carbocycles. The van der Waals surface area contributed by atoms with E-state index in [2.05, 4.69) is 10.1 Å². The quantitative estimate of drug-likeness (QED) is 0.460. The number of carbonyl (C=O) groups is 3. The first-order valence-corrected chi connectivity index (χ1v) is 11.8. The van der Waals surface area contributed by atoms with Crippen molar-refractivity contribution >= 4 is 17.6 Å². The molecule has 36 heavy (non-hydrogen) atoms. The van der Waals surface area contributed by atoms with Crippen LogP contribution in [-0.4, -0.2) is 43.9 Å². The second kappa shape index (κ2) is 8.94. The monoisotopic (exact) mass is 491 g/mol. The maximum atomic E-state index is 15.5. The molecule has 0 saturated heterocycles. The number of hydrogen-bond acceptors (Lipinski definition) is 6. The number of nitrogens with two attached hydrogens (primary N) is 1. The van der Waals surface area contributed by atoms with Crippen LogP contribution in [0, 0.1) is 18.2 Å². The number of benzene rings is 1. The number of amides is 2. The molecular formula is C26H26FN5O4. The van der Waals surface area contributed by atoms with Crippen molar-refractivity contribution in [1.82, 2.24) is 19.7 Å². The average molecular weight is 492 g/mol. The molecule has 2 amide bonds. The van der Waals surface area contributed by atoms with Gasteiger partial charge in [0.1, 0.15) is 5.82 Å². The van der Waals surface area contributed by atoms with E-state index in [4.69, 9.17) is 10.5 Å². The van der Waals surface area contributed by atoms with E-state index in [1.807, 2.05) is 19.9 Å². The van der Waals surface area contributed by atoms with Crippen LogP contribution in [0.15, 0.2) is 42.9 Å². The summed E-state index contributed by atoms with van der Waals surface area (Å²) in [5.41, 5.74) is 6.70. The van der Waals surface area contributed by atoms with Crippen molar-refractivity contribution in [3.63, 3.8) is 0 Å². The second-order valence-corrected chi connectivity index (χ2v) is 9.40. The van der Waals surface area contributed by atoms with E-state index in [9.17, 15) is 14.4 Å². The van der Waals surface area contributed by atoms with E-state index < -0.39 is 35.1 Å². The van der Waals surface area contributed by atoms with Gasteiger partial charge in [-0.15, -0.1) is 0 Å². The lowest BCUT2D eigenvalue weighted by atomic mass is 9.99. The standard InChI is InChI=1S/C26H26FN5O4/c1-3-31-12-17(11-30-31)22(33)16-8-19-21(20(27)9-16)24(36-14-26(6-7-26)25(28)35)32(23(19)34)13-18-5-4-15(2)10-29-18/h4-5,8-12,24H,3,6-7,13-14H2,1-2H3,(H2,28,35). The smallest absolute Gasteiger partial charge is 0.257 e. The summed E-state index contributed by atoms with van der Waals surface area (Å²) < 4.78 is 23.2. The number of aryl methyl sites for hydroxylation is 2. The lowest BCUT2D eigenvalue weighted by Gasteiger charge is -2.26. The normalized spacial score (nSPS) is 17.8. The molecule has 2 N–H and O–H groups in total. The Bertz CT molecular complexity index is 1360. The SMILES string of the molecule is CCn1cc(C(=O)c2cc(F)c3c(c2)C(=O)N(Cc2ccc(C)cn2)C3OCC2(C(N)=O)CC2)cn1. The summed E-state index contributed by atoms with van der Waals surface area (Å²) in [5, 5.41) is 4.10. The maximum Gasteiger partial charge on any atom is 0.257 e. The van der Waals surface area contributed by atoms with Gasteiger partial charge < -0.3 is 15.4 Å². The Labute approximate surface area is 207 Å². The summed E-state index contributed by atoms with van der Waals surface area (Å²) in [6.45, 7) is 4.40. The van der Waals surface area contributed by atoms with Gasteiger partial charge in [-0.25, -0.2) is 4.39 Å². The number of nitrogens with zero attached hydrogens (tertiary/aromatic N) is 4. The molecule has 9 nitrogen and oxygen atoms in total. The fourth-order valence-electron chi connectivity index (χ4n) is 4.36. The molecule has 3 aromatic rings. The Hall–Kier alpha value is -3.92. The minimum atomic E-state index is -1.08. The Balaban J connectivity index is 1.50. The van der Waals surface area contributed by atoms with E-state index in [0.717, 1.165) is 11.6 Å². The van der Waals surface area contributed by atoms with Crippen molar-refractivity contribution in [1.29, 1.82) is 0 Å². The van der Waals surface area contributed by atoms with Crippen LogP contribution in [0.25, 0.3) is 0 Å². The molecule has 2 aromatic heterocycles. The molecule has 1 unspecified atom stereocenters. The Morgan fingerprint density at radius 2 is 2.00 bits per heavy atom. The van der Waals surface area contributed by atoms with Crippen LogP contribution in [0.4, 0.5) is 4.39 Å². The number of ketones is 1. The van der Waals surface area contributed by atoms with Gasteiger partial charge in [-0.1, -0.05) is 6.07 Å². The molecule has 0 spiro atoms. The minimum Gasteiger partial charge on any atom is -0.369 e. The van der Waals surface area contributed by atoms with Crippen molar-refractivity contribution < 1.29 is 23.5 Å². The molecular weight excluding hydrogens is 465 g/mol. The summed E-state index contributed by atoms with van der Waals surface area (Å²) in [6.07, 6.45) is 4.75. The van der Waals surface area contributed by atoms with Crippen LogP contribution in [-0.2, 0) is 22.6 Å². The first kappa shape index (κ1) is 23.8. The summed E-state index contributed by atoms with van der Waals surface area (Å²) in [5.74, 6) is -2.14. The molecule has 1 aliphatic carbocycles. The molecule has 10 heteroatoms. The zero-order valence-electron chi connectivity index (χ0n) is 20.0. The first-order valence-electron chi connectivity index (χ1n) is 11.8. The van der Waals surface area contributed by atoms with Gasteiger partial charge in [0.2, 0.25) is 5.91 Å². The van der Waals surface area contributed by atoms with Gasteiger partial charge in [0, 0.05) is 30.1 Å². The molecule has 1 saturated carbocycles. The van der Waals surface area contributed by atoms with Crippen LogP contribution in [0.3, 0.4) is 0 Å². The summed E-state index contributed by atoms with van der Waals surface area (Å²) in [6, 6.07) is 6.16. The summed E-state index contributed by atoms with van der Waals surface area (Å²) in [4.78, 5) is 44.1. The van der Waals surface area contributed by atoms with E-state index >= 15 is 4.39 Å². The number of primary amides is 1. The molecule has 2 aliphatic rings. The van der Waals surface area contributed by atoms with Crippen LogP contribution < -0.4 is 5.73 Å². The Morgan fingerprint density at radius 3 is 2.61 bits per heavy atom. The van der Waals surface area contributed by atoms with E-state index in [-0.39, 0.29) is 29.8 Å². The first-order chi connectivity index (χ1) is 17.2. The Morgan fingerprint density at radius 1 is 1.22 bits per heavy atom. The van der Waals surface area contributed by atoms with Crippen molar-refractivity contribution in [2.75, 3.05) is 6.61 Å². The summed E-state index contributed by atoms with van der Waals surface area (Å²) >= 11 is 0. The molecule has 1 fully saturated rings. The van der Waals surface area contributed by atoms with Crippen molar-refractivity contribution in [2.24, 2.45) is 11.1 Å². The van der Waals surface area contributed by atoms with Crippen molar-refractivity contribution in [2.45, 2.75) is 46.0 Å². The highest BCUT2D eigenvalue weighted by Gasteiger charge is 2.51. The van der Waals surface area contributed by atoms with Gasteiger partial charge in [0.15, 0.2) is 12.0 Å². The van der Waals surface area contributed by atoms with Crippen LogP contribution in [0.5, 0.6) is 0 Å². The number of fused-ring (bicyclic) bond motifs is 1. The van der Waals surface area contributed by atoms with Crippen LogP contribution in [0.2, 0.25) is 0 Å². The highest BCUT2D eigenvalue weighted by atomic mass is 19.1. The molecule has 1 aliphatic heterocycles. The highest BCUT2D eigenvalue weighted by Crippen LogP contribution is 2.48. The lowest BCUT2D eigenvalue weighted by Crippen LogP contribution is -2.34. The van der Waals surface area contributed by atoms with Crippen molar-refractivity contribution in [3.8, 4) is 0 Å². The third-order valence-corrected chi connectivity index (χ3v) is 6.83. The third kappa shape index (κ3) is 4.17. The highest BCUT2D eigenvalue weighted by molar-refractivity contribution is 6.10. The topological polar surface area (TPSA) is 120 Å². The number of halogens is 1. The van der Waals surface area contributed by atoms with E-state index in [1.54, 1.807) is 23.1 Å². The fourth-order valence-corrected chi connectivity index (χ4v) is 4.36. The maximum absolute atomic E-state index is 15.5. The zero-order valence-corrected chi connectivity index (χ0v) is 20.0. The Kier molecular flexibility index (Phi) is 5.91. The fraction of sp³-hybridized carbons (Fsp3) is 0.346. The number of rotatable bonds is 9. The number of pyridine rings is 1. The van der Waals surface area contributed by atoms with E-state index in [0.29, 0.717) is 30.6 Å². The molecule has 1 atom stereocenters. The van der Waals surface area contributed by atoms with Gasteiger partial charge in [-0.05, 0) is 50.5 Å². The van der Waals surface area contributed by atoms with Crippen LogP contribution >= 0.6 is 0 Å². The zero-order chi connectivity index (χ0) is 25.6. The minimum absolute atomic E-state index is 0.0339. The third-order valence-electron chi connectivity index (χ3n) is 6.83. The number of ether oxygens (including phenoxy) is 1. The van der Waals surface area contributed by atoms with Crippen LogP contribution in [0.1, 0.15) is 69.1 Å². The number of carbonyl (C=O) groups excluding carboxylic acids is 3. The van der Waals surface area contributed by atoms with Crippen molar-refractivity contribution in [3.05, 3.63) is 82.2 Å².